The first kappa shape index (κ1) is 14.0. The van der Waals surface area contributed by atoms with Gasteiger partial charge in [0.15, 0.2) is 0 Å². The molecule has 1 rings (SSSR count). The van der Waals surface area contributed by atoms with Crippen molar-refractivity contribution in [1.82, 2.24) is 10.6 Å². The van der Waals surface area contributed by atoms with E-state index >= 15 is 0 Å². The summed E-state index contributed by atoms with van der Waals surface area (Å²) in [6.07, 6.45) is 6.70. The van der Waals surface area contributed by atoms with Gasteiger partial charge in [-0.25, -0.2) is 0 Å². The maximum absolute atomic E-state index is 11.5. The van der Waals surface area contributed by atoms with E-state index in [-0.39, 0.29) is 17.6 Å². The van der Waals surface area contributed by atoms with Gasteiger partial charge in [-0.3, -0.25) is 4.79 Å². The number of hydrogen-bond acceptors (Lipinski definition) is 3. The molecule has 1 atom stereocenters. The van der Waals surface area contributed by atoms with Crippen LogP contribution >= 0.6 is 0 Å². The number of allylic oxidation sites excluding steroid dienone is 1. The smallest absolute Gasteiger partial charge is 0.221 e. The van der Waals surface area contributed by atoms with Gasteiger partial charge in [0, 0.05) is 25.0 Å². The summed E-state index contributed by atoms with van der Waals surface area (Å²) in [5.41, 5.74) is -0.144. The second-order valence-corrected chi connectivity index (χ2v) is 5.46. The fraction of sp³-hybridized carbons (Fsp3) is 0.769. The molecule has 0 saturated carbocycles. The Balaban J connectivity index is 2.04. The van der Waals surface area contributed by atoms with Crippen molar-refractivity contribution in [3.63, 3.8) is 0 Å². The molecule has 0 saturated heterocycles. The zero-order valence-electron chi connectivity index (χ0n) is 11.1. The third-order valence-corrected chi connectivity index (χ3v) is 2.44. The largest absolute Gasteiger partial charge is 0.497 e. The van der Waals surface area contributed by atoms with Crippen molar-refractivity contribution in [1.29, 1.82) is 0 Å². The first-order chi connectivity index (χ1) is 7.97. The van der Waals surface area contributed by atoms with Crippen LogP contribution in [-0.4, -0.2) is 30.6 Å². The molecule has 1 aliphatic rings. The van der Waals surface area contributed by atoms with Gasteiger partial charge in [0.1, 0.15) is 6.10 Å². The van der Waals surface area contributed by atoms with Crippen LogP contribution in [0.25, 0.3) is 0 Å². The summed E-state index contributed by atoms with van der Waals surface area (Å²) in [5.74, 6) is 0.0921. The molecule has 0 aliphatic carbocycles. The van der Waals surface area contributed by atoms with Crippen LogP contribution in [0.4, 0.5) is 0 Å². The number of nitrogens with one attached hydrogen (secondary N) is 2. The Morgan fingerprint density at radius 2 is 2.24 bits per heavy atom. The molecule has 1 aliphatic heterocycles. The van der Waals surface area contributed by atoms with Gasteiger partial charge in [0.25, 0.3) is 0 Å². The van der Waals surface area contributed by atoms with Crippen molar-refractivity contribution in [3.05, 3.63) is 12.3 Å². The molecule has 4 heteroatoms. The maximum Gasteiger partial charge on any atom is 0.221 e. The molecule has 17 heavy (non-hydrogen) atoms. The lowest BCUT2D eigenvalue weighted by Crippen LogP contribution is -2.42. The van der Waals surface area contributed by atoms with Crippen molar-refractivity contribution in [2.24, 2.45) is 0 Å². The normalized spacial score (nSPS) is 19.8. The minimum Gasteiger partial charge on any atom is -0.497 e. The average molecular weight is 240 g/mol. The van der Waals surface area contributed by atoms with Gasteiger partial charge in [-0.05, 0) is 39.7 Å². The summed E-state index contributed by atoms with van der Waals surface area (Å²) >= 11 is 0. The van der Waals surface area contributed by atoms with Crippen LogP contribution in [0, 0.1) is 0 Å². The third kappa shape index (κ3) is 7.00. The molecular weight excluding hydrogens is 216 g/mol. The highest BCUT2D eigenvalue weighted by molar-refractivity contribution is 5.76. The predicted molar refractivity (Wildman–Crippen MR) is 68.6 cm³/mol. The van der Waals surface area contributed by atoms with E-state index in [1.165, 1.54) is 0 Å². The topological polar surface area (TPSA) is 50.4 Å². The van der Waals surface area contributed by atoms with E-state index in [1.54, 1.807) is 6.26 Å². The first-order valence-electron chi connectivity index (χ1n) is 6.29. The summed E-state index contributed by atoms with van der Waals surface area (Å²) in [6.45, 7) is 7.47. The Morgan fingerprint density at radius 3 is 2.82 bits per heavy atom. The van der Waals surface area contributed by atoms with Gasteiger partial charge in [-0.2, -0.15) is 0 Å². The molecule has 2 N–H and O–H groups in total. The molecule has 1 heterocycles. The Labute approximate surface area is 104 Å². The Morgan fingerprint density at radius 1 is 1.47 bits per heavy atom. The van der Waals surface area contributed by atoms with Crippen molar-refractivity contribution < 1.29 is 9.53 Å². The van der Waals surface area contributed by atoms with Crippen molar-refractivity contribution >= 4 is 5.91 Å². The van der Waals surface area contributed by atoms with E-state index in [4.69, 9.17) is 4.74 Å². The minimum atomic E-state index is -0.144. The highest BCUT2D eigenvalue weighted by Crippen LogP contribution is 2.08. The Hall–Kier alpha value is -1.03. The lowest BCUT2D eigenvalue weighted by Gasteiger charge is -2.21. The van der Waals surface area contributed by atoms with Gasteiger partial charge < -0.3 is 15.4 Å². The van der Waals surface area contributed by atoms with E-state index in [0.717, 1.165) is 19.4 Å². The Bertz CT molecular complexity index is 269. The lowest BCUT2D eigenvalue weighted by atomic mass is 10.1. The standard InChI is InChI=1S/C13H24N2O2/c1-13(2,3)15-12(16)7-8-14-10-11-6-4-5-9-17-11/h5,9,11,14H,4,6-8,10H2,1-3H3,(H,15,16). The van der Waals surface area contributed by atoms with Gasteiger partial charge in [-0.15, -0.1) is 0 Å². The van der Waals surface area contributed by atoms with E-state index in [9.17, 15) is 4.79 Å². The average Bonchev–Trinajstić information content (AvgIpc) is 2.23. The molecule has 0 fully saturated rings. The molecule has 1 amide bonds. The summed E-state index contributed by atoms with van der Waals surface area (Å²) in [4.78, 5) is 11.5. The van der Waals surface area contributed by atoms with Crippen LogP contribution in [-0.2, 0) is 9.53 Å². The number of carbonyl (C=O) groups excluding carboxylic acids is 1. The van der Waals surface area contributed by atoms with Gasteiger partial charge in [-0.1, -0.05) is 0 Å². The molecule has 0 spiro atoms. The monoisotopic (exact) mass is 240 g/mol. The first-order valence-corrected chi connectivity index (χ1v) is 6.29. The van der Waals surface area contributed by atoms with Crippen LogP contribution < -0.4 is 10.6 Å². The quantitative estimate of drug-likeness (QED) is 0.717. The number of hydrogen-bond donors (Lipinski definition) is 2. The number of rotatable bonds is 5. The zero-order chi connectivity index (χ0) is 12.7. The summed E-state index contributed by atoms with van der Waals surface area (Å²) in [6, 6.07) is 0. The maximum atomic E-state index is 11.5. The summed E-state index contributed by atoms with van der Waals surface area (Å²) in [7, 11) is 0. The van der Waals surface area contributed by atoms with Gasteiger partial charge in [0.05, 0.1) is 6.26 Å². The molecular formula is C13H24N2O2. The fourth-order valence-electron chi connectivity index (χ4n) is 1.68. The molecule has 0 bridgehead atoms. The van der Waals surface area contributed by atoms with Crippen LogP contribution in [0.3, 0.4) is 0 Å². The lowest BCUT2D eigenvalue weighted by molar-refractivity contribution is -0.122. The van der Waals surface area contributed by atoms with E-state index < -0.39 is 0 Å². The zero-order valence-corrected chi connectivity index (χ0v) is 11.1. The number of amides is 1. The van der Waals surface area contributed by atoms with Crippen LogP contribution in [0.5, 0.6) is 0 Å². The van der Waals surface area contributed by atoms with Crippen LogP contribution in [0.1, 0.15) is 40.0 Å². The molecule has 98 valence electrons. The summed E-state index contributed by atoms with van der Waals surface area (Å²) in [5, 5.41) is 6.19. The third-order valence-electron chi connectivity index (χ3n) is 2.44. The fourth-order valence-corrected chi connectivity index (χ4v) is 1.68. The second kappa shape index (κ2) is 6.64. The number of carbonyl (C=O) groups is 1. The highest BCUT2D eigenvalue weighted by Gasteiger charge is 2.14. The molecule has 0 aromatic carbocycles. The SMILES string of the molecule is CC(C)(C)NC(=O)CCNCC1CCC=CO1. The van der Waals surface area contributed by atoms with E-state index in [1.807, 2.05) is 26.8 Å². The molecule has 0 aromatic heterocycles. The minimum absolute atomic E-state index is 0.0921. The van der Waals surface area contributed by atoms with Crippen molar-refractivity contribution in [2.45, 2.75) is 51.7 Å². The van der Waals surface area contributed by atoms with Crippen molar-refractivity contribution in [3.8, 4) is 0 Å². The van der Waals surface area contributed by atoms with Crippen LogP contribution in [0.2, 0.25) is 0 Å². The van der Waals surface area contributed by atoms with E-state index in [0.29, 0.717) is 13.0 Å². The Kier molecular flexibility index (Phi) is 5.48. The van der Waals surface area contributed by atoms with Gasteiger partial charge >= 0.3 is 0 Å². The molecule has 1 unspecified atom stereocenters. The summed E-state index contributed by atoms with van der Waals surface area (Å²) < 4.78 is 5.42. The predicted octanol–water partition coefficient (Wildman–Crippen LogP) is 1.57. The second-order valence-electron chi connectivity index (χ2n) is 5.46. The molecule has 0 aromatic rings. The highest BCUT2D eigenvalue weighted by atomic mass is 16.5. The van der Waals surface area contributed by atoms with Crippen molar-refractivity contribution in [2.75, 3.05) is 13.1 Å². The number of ether oxygens (including phenoxy) is 1. The van der Waals surface area contributed by atoms with Gasteiger partial charge in [0.2, 0.25) is 5.91 Å². The molecule has 0 radical (unpaired) electrons. The van der Waals surface area contributed by atoms with Crippen LogP contribution in [0.15, 0.2) is 12.3 Å². The van der Waals surface area contributed by atoms with E-state index in [2.05, 4.69) is 10.6 Å². The molecule has 4 nitrogen and oxygen atoms in total.